The van der Waals surface area contributed by atoms with Gasteiger partial charge in [0.05, 0.1) is 5.71 Å². The number of rotatable bonds is 12. The van der Waals surface area contributed by atoms with Crippen LogP contribution in [0.25, 0.3) is 11.1 Å². The smallest absolute Gasteiger partial charge is 0.407 e. The van der Waals surface area contributed by atoms with Crippen LogP contribution in [0, 0.1) is 0 Å². The summed E-state index contributed by atoms with van der Waals surface area (Å²) < 4.78 is 5.60. The van der Waals surface area contributed by atoms with E-state index in [0.29, 0.717) is 11.3 Å². The van der Waals surface area contributed by atoms with E-state index in [9.17, 15) is 14.4 Å². The predicted octanol–water partition coefficient (Wildman–Crippen LogP) is 4.20. The first-order chi connectivity index (χ1) is 19.4. The topological polar surface area (TPSA) is 109 Å². The van der Waals surface area contributed by atoms with E-state index >= 15 is 0 Å². The van der Waals surface area contributed by atoms with Gasteiger partial charge in [-0.15, -0.1) is 0 Å². The molecule has 3 aromatic rings. The molecule has 0 saturated heterocycles. The summed E-state index contributed by atoms with van der Waals surface area (Å²) in [6, 6.07) is 25.2. The molecule has 1 aliphatic rings. The van der Waals surface area contributed by atoms with Crippen molar-refractivity contribution in [3.05, 3.63) is 95.6 Å². The molecule has 3 amide bonds. The lowest BCUT2D eigenvalue weighted by molar-refractivity contribution is -0.125. The molecule has 0 fully saturated rings. The van der Waals surface area contributed by atoms with Gasteiger partial charge >= 0.3 is 6.09 Å². The Labute approximate surface area is 234 Å². The summed E-state index contributed by atoms with van der Waals surface area (Å²) in [5.74, 6) is -0.575. The highest BCUT2D eigenvalue weighted by Gasteiger charge is 2.29. The zero-order valence-electron chi connectivity index (χ0n) is 22.8. The fourth-order valence-electron chi connectivity index (χ4n) is 4.62. The molecule has 9 heteroatoms. The summed E-state index contributed by atoms with van der Waals surface area (Å²) in [7, 11) is 0. The molecule has 208 valence electrons. The molecule has 0 aromatic heterocycles. The maximum absolute atomic E-state index is 13.1. The van der Waals surface area contributed by atoms with Crippen molar-refractivity contribution in [2.75, 3.05) is 39.4 Å². The summed E-state index contributed by atoms with van der Waals surface area (Å²) in [4.78, 5) is 44.2. The average Bonchev–Trinajstić information content (AvgIpc) is 3.29. The predicted molar refractivity (Wildman–Crippen MR) is 153 cm³/mol. The lowest BCUT2D eigenvalue weighted by atomic mass is 9.98. The van der Waals surface area contributed by atoms with Gasteiger partial charge in [-0.05, 0) is 48.2 Å². The second-order valence-electron chi connectivity index (χ2n) is 9.57. The first kappa shape index (κ1) is 28.4. The normalized spacial score (nSPS) is 11.6. The minimum absolute atomic E-state index is 0.0335. The number of carbonyl (C=O) groups excluding carboxylic acids is 3. The third-order valence-electron chi connectivity index (χ3n) is 6.45. The lowest BCUT2D eigenvalue weighted by Gasteiger charge is -2.23. The summed E-state index contributed by atoms with van der Waals surface area (Å²) >= 11 is 0. The van der Waals surface area contributed by atoms with Gasteiger partial charge in [-0.3, -0.25) is 9.59 Å². The maximum atomic E-state index is 13.1. The summed E-state index contributed by atoms with van der Waals surface area (Å²) in [5, 5.41) is 9.21. The summed E-state index contributed by atoms with van der Waals surface area (Å²) in [6.45, 7) is 4.44. The van der Waals surface area contributed by atoms with Gasteiger partial charge in [0.15, 0.2) is 6.61 Å². The number of benzene rings is 3. The Hall–Kier alpha value is -4.66. The van der Waals surface area contributed by atoms with Crippen LogP contribution in [0.3, 0.4) is 0 Å². The zero-order chi connectivity index (χ0) is 28.3. The molecule has 4 rings (SSSR count). The van der Waals surface area contributed by atoms with Gasteiger partial charge in [-0.25, -0.2) is 4.79 Å². The van der Waals surface area contributed by atoms with Gasteiger partial charge in [0.1, 0.15) is 6.61 Å². The molecule has 0 radical (unpaired) electrons. The molecule has 0 heterocycles. The van der Waals surface area contributed by atoms with Gasteiger partial charge in [-0.1, -0.05) is 71.9 Å². The number of nitrogens with one attached hydrogen (secondary N) is 2. The van der Waals surface area contributed by atoms with Gasteiger partial charge in [0, 0.05) is 37.7 Å². The fraction of sp³-hybridized carbons (Fsp3) is 0.290. The van der Waals surface area contributed by atoms with E-state index in [1.165, 1.54) is 0 Å². The van der Waals surface area contributed by atoms with Crippen LogP contribution in [0.4, 0.5) is 4.79 Å². The SMILES string of the molecule is CC(C)=NOCC(=O)NCCN(CCNC(=O)OCC1c2ccccc2-c2ccccc21)C(=O)c1ccccc1. The Morgan fingerprint density at radius 3 is 2.00 bits per heavy atom. The van der Waals surface area contributed by atoms with Crippen LogP contribution in [0.15, 0.2) is 84.0 Å². The van der Waals surface area contributed by atoms with Gasteiger partial charge in [0.25, 0.3) is 11.8 Å². The third kappa shape index (κ3) is 7.47. The first-order valence-electron chi connectivity index (χ1n) is 13.3. The first-order valence-corrected chi connectivity index (χ1v) is 13.3. The van der Waals surface area contributed by atoms with Gasteiger partial charge < -0.3 is 25.1 Å². The van der Waals surface area contributed by atoms with Crippen molar-refractivity contribution < 1.29 is 24.0 Å². The molecule has 0 saturated carbocycles. The third-order valence-corrected chi connectivity index (χ3v) is 6.45. The zero-order valence-corrected chi connectivity index (χ0v) is 22.8. The van der Waals surface area contributed by atoms with Crippen molar-refractivity contribution in [3.63, 3.8) is 0 Å². The van der Waals surface area contributed by atoms with Gasteiger partial charge in [0.2, 0.25) is 0 Å². The molecule has 0 spiro atoms. The Bertz CT molecular complexity index is 1310. The Kier molecular flexibility index (Phi) is 9.88. The Morgan fingerprint density at radius 2 is 1.38 bits per heavy atom. The van der Waals surface area contributed by atoms with E-state index in [-0.39, 0.29) is 57.1 Å². The molecule has 0 atom stereocenters. The van der Waals surface area contributed by atoms with Crippen LogP contribution in [0.5, 0.6) is 0 Å². The highest BCUT2D eigenvalue weighted by atomic mass is 16.6. The van der Waals surface area contributed by atoms with E-state index in [1.807, 2.05) is 30.3 Å². The van der Waals surface area contributed by atoms with Crippen LogP contribution in [-0.2, 0) is 14.4 Å². The number of fused-ring (bicyclic) bond motifs is 3. The monoisotopic (exact) mass is 542 g/mol. The van der Waals surface area contributed by atoms with Crippen LogP contribution in [0.1, 0.15) is 41.3 Å². The number of hydrogen-bond donors (Lipinski definition) is 2. The number of carbonyl (C=O) groups is 3. The average molecular weight is 543 g/mol. The van der Waals surface area contributed by atoms with Crippen molar-refractivity contribution in [3.8, 4) is 11.1 Å². The van der Waals surface area contributed by atoms with Crippen molar-refractivity contribution in [2.24, 2.45) is 5.16 Å². The highest BCUT2D eigenvalue weighted by Crippen LogP contribution is 2.44. The molecule has 2 N–H and O–H groups in total. The fourth-order valence-corrected chi connectivity index (χ4v) is 4.62. The Morgan fingerprint density at radius 1 is 0.800 bits per heavy atom. The summed E-state index contributed by atoms with van der Waals surface area (Å²) in [5.41, 5.74) is 5.82. The number of ether oxygens (including phenoxy) is 1. The van der Waals surface area contributed by atoms with Gasteiger partial charge in [-0.2, -0.15) is 0 Å². The molecule has 40 heavy (non-hydrogen) atoms. The molecule has 3 aromatic carbocycles. The van der Waals surface area contributed by atoms with E-state index in [2.05, 4.69) is 40.1 Å². The van der Waals surface area contributed by atoms with Crippen molar-refractivity contribution >= 4 is 23.6 Å². The number of hydrogen-bond acceptors (Lipinski definition) is 6. The number of oxime groups is 1. The van der Waals surface area contributed by atoms with Crippen LogP contribution in [-0.4, -0.2) is 67.9 Å². The van der Waals surface area contributed by atoms with E-state index < -0.39 is 6.09 Å². The largest absolute Gasteiger partial charge is 0.449 e. The minimum Gasteiger partial charge on any atom is -0.449 e. The summed E-state index contributed by atoms with van der Waals surface area (Å²) in [6.07, 6.45) is -0.550. The minimum atomic E-state index is -0.550. The van der Waals surface area contributed by atoms with E-state index in [4.69, 9.17) is 9.57 Å². The number of amides is 3. The molecular formula is C31H34N4O5. The van der Waals surface area contributed by atoms with Crippen LogP contribution >= 0.6 is 0 Å². The maximum Gasteiger partial charge on any atom is 0.407 e. The standard InChI is InChI=1S/C31H34N4O5/c1-22(2)34-40-21-29(36)32-16-18-35(30(37)23-10-4-3-5-11-23)19-17-33-31(38)39-20-28-26-14-8-6-12-24(26)25-13-7-9-15-27(25)28/h3-15,28H,16-21H2,1-2H3,(H,32,36)(H,33,38). The van der Waals surface area contributed by atoms with E-state index in [0.717, 1.165) is 22.3 Å². The van der Waals surface area contributed by atoms with E-state index in [1.54, 1.807) is 43.0 Å². The molecule has 1 aliphatic carbocycles. The van der Waals surface area contributed by atoms with Crippen molar-refractivity contribution in [2.45, 2.75) is 19.8 Å². The molecule has 0 unspecified atom stereocenters. The number of nitrogens with zero attached hydrogens (tertiary/aromatic N) is 2. The molecule has 0 aliphatic heterocycles. The highest BCUT2D eigenvalue weighted by molar-refractivity contribution is 5.94. The van der Waals surface area contributed by atoms with Crippen LogP contribution in [0.2, 0.25) is 0 Å². The molecule has 9 nitrogen and oxygen atoms in total. The van der Waals surface area contributed by atoms with Crippen molar-refractivity contribution in [1.82, 2.24) is 15.5 Å². The lowest BCUT2D eigenvalue weighted by Crippen LogP contribution is -2.43. The molecular weight excluding hydrogens is 508 g/mol. The second-order valence-corrected chi connectivity index (χ2v) is 9.57. The molecule has 0 bridgehead atoms. The van der Waals surface area contributed by atoms with Crippen molar-refractivity contribution in [1.29, 1.82) is 0 Å². The number of alkyl carbamates (subject to hydrolysis) is 1. The Balaban J connectivity index is 1.28. The second kappa shape index (κ2) is 13.9. The van der Waals surface area contributed by atoms with Crippen LogP contribution < -0.4 is 10.6 Å². The quantitative estimate of drug-likeness (QED) is 0.263.